The first-order chi connectivity index (χ1) is 7.84. The van der Waals surface area contributed by atoms with Gasteiger partial charge in [-0.25, -0.2) is 0 Å². The van der Waals surface area contributed by atoms with Gasteiger partial charge in [-0.2, -0.15) is 0 Å². The van der Waals surface area contributed by atoms with Crippen LogP contribution < -0.4 is 5.32 Å². The lowest BCUT2D eigenvalue weighted by atomic mass is 9.96. The van der Waals surface area contributed by atoms with E-state index in [1.165, 1.54) is 16.0 Å². The molecule has 1 atom stereocenters. The highest BCUT2D eigenvalue weighted by Crippen LogP contribution is 2.31. The maximum Gasteiger partial charge on any atom is 0.0603 e. The van der Waals surface area contributed by atoms with Gasteiger partial charge < -0.3 is 5.32 Å². The van der Waals surface area contributed by atoms with E-state index in [4.69, 9.17) is 0 Å². The highest BCUT2D eigenvalue weighted by molar-refractivity contribution is 7.10. The van der Waals surface area contributed by atoms with Crippen LogP contribution in [0.4, 0.5) is 0 Å². The monoisotopic (exact) mass is 230 g/mol. The highest BCUT2D eigenvalue weighted by Gasteiger charge is 2.21. The molecule has 0 amide bonds. The molecule has 2 aromatic heterocycles. The fourth-order valence-electron chi connectivity index (χ4n) is 2.20. The van der Waals surface area contributed by atoms with Gasteiger partial charge in [0.2, 0.25) is 0 Å². The molecule has 0 bridgehead atoms. The molecule has 2 nitrogen and oxygen atoms in total. The van der Waals surface area contributed by atoms with Gasteiger partial charge in [0.1, 0.15) is 0 Å². The van der Waals surface area contributed by atoms with Crippen molar-refractivity contribution in [2.75, 3.05) is 6.54 Å². The summed E-state index contributed by atoms with van der Waals surface area (Å²) in [6.45, 7) is 3.08. The Balaban J connectivity index is 2.00. The van der Waals surface area contributed by atoms with E-state index in [1.807, 2.05) is 24.5 Å². The van der Waals surface area contributed by atoms with Crippen LogP contribution in [0, 0.1) is 6.92 Å². The summed E-state index contributed by atoms with van der Waals surface area (Å²) in [4.78, 5) is 5.89. The van der Waals surface area contributed by atoms with Crippen LogP contribution in [0.3, 0.4) is 0 Å². The second kappa shape index (κ2) is 4.00. The summed E-state index contributed by atoms with van der Waals surface area (Å²) in [5.41, 5.74) is 3.77. The number of pyridine rings is 1. The topological polar surface area (TPSA) is 24.9 Å². The van der Waals surface area contributed by atoms with Gasteiger partial charge in [0, 0.05) is 23.3 Å². The molecule has 3 rings (SSSR count). The summed E-state index contributed by atoms with van der Waals surface area (Å²) in [6, 6.07) is 6.82. The first-order valence-electron chi connectivity index (χ1n) is 5.57. The smallest absolute Gasteiger partial charge is 0.0603 e. The van der Waals surface area contributed by atoms with Crippen LogP contribution in [0.25, 0.3) is 0 Å². The Bertz CT molecular complexity index is 487. The van der Waals surface area contributed by atoms with Crippen molar-refractivity contribution in [2.45, 2.75) is 19.4 Å². The van der Waals surface area contributed by atoms with Crippen LogP contribution in [0.5, 0.6) is 0 Å². The molecule has 0 aliphatic carbocycles. The summed E-state index contributed by atoms with van der Waals surface area (Å²) >= 11 is 1.87. The third-order valence-corrected chi connectivity index (χ3v) is 4.06. The number of thiophene rings is 1. The molecule has 0 fully saturated rings. The summed E-state index contributed by atoms with van der Waals surface area (Å²) in [6.07, 6.45) is 3.14. The number of hydrogen-bond acceptors (Lipinski definition) is 3. The van der Waals surface area contributed by atoms with Crippen molar-refractivity contribution in [1.29, 1.82) is 0 Å². The lowest BCUT2D eigenvalue weighted by Crippen LogP contribution is -2.29. The molecule has 16 heavy (non-hydrogen) atoms. The third-order valence-electron chi connectivity index (χ3n) is 3.06. The Morgan fingerprint density at radius 2 is 2.31 bits per heavy atom. The average Bonchev–Trinajstić information content (AvgIpc) is 2.78. The lowest BCUT2D eigenvalue weighted by molar-refractivity contribution is 0.573. The van der Waals surface area contributed by atoms with Gasteiger partial charge in [0.25, 0.3) is 0 Å². The zero-order valence-electron chi connectivity index (χ0n) is 9.23. The molecule has 3 heterocycles. The van der Waals surface area contributed by atoms with Gasteiger partial charge in [0.15, 0.2) is 0 Å². The summed E-state index contributed by atoms with van der Waals surface area (Å²) < 4.78 is 0. The van der Waals surface area contributed by atoms with Crippen LogP contribution in [-0.4, -0.2) is 11.5 Å². The first kappa shape index (κ1) is 10.00. The van der Waals surface area contributed by atoms with Crippen molar-refractivity contribution in [3.8, 4) is 0 Å². The molecule has 3 heteroatoms. The second-order valence-electron chi connectivity index (χ2n) is 4.17. The SMILES string of the molecule is Cc1ccc(C2NCCc3sccc32)cn1. The van der Waals surface area contributed by atoms with Crippen molar-refractivity contribution in [2.24, 2.45) is 0 Å². The minimum absolute atomic E-state index is 0.336. The first-order valence-corrected chi connectivity index (χ1v) is 6.45. The van der Waals surface area contributed by atoms with Crippen molar-refractivity contribution >= 4 is 11.3 Å². The molecule has 1 aliphatic heterocycles. The number of fused-ring (bicyclic) bond motifs is 1. The van der Waals surface area contributed by atoms with Crippen molar-refractivity contribution in [1.82, 2.24) is 10.3 Å². The van der Waals surface area contributed by atoms with E-state index < -0.39 is 0 Å². The molecule has 82 valence electrons. The lowest BCUT2D eigenvalue weighted by Gasteiger charge is -2.24. The van der Waals surface area contributed by atoms with Gasteiger partial charge in [-0.05, 0) is 42.0 Å². The minimum atomic E-state index is 0.336. The second-order valence-corrected chi connectivity index (χ2v) is 5.17. The van der Waals surface area contributed by atoms with Gasteiger partial charge >= 0.3 is 0 Å². The van der Waals surface area contributed by atoms with E-state index in [1.54, 1.807) is 0 Å². The Labute approximate surface area is 99.4 Å². The minimum Gasteiger partial charge on any atom is -0.306 e. The average molecular weight is 230 g/mol. The predicted molar refractivity (Wildman–Crippen MR) is 66.8 cm³/mol. The zero-order valence-corrected chi connectivity index (χ0v) is 10.1. The molecule has 0 aromatic carbocycles. The van der Waals surface area contributed by atoms with E-state index in [-0.39, 0.29) is 0 Å². The third kappa shape index (κ3) is 1.66. The number of rotatable bonds is 1. The molecular formula is C13H14N2S. The van der Waals surface area contributed by atoms with E-state index in [0.717, 1.165) is 18.7 Å². The van der Waals surface area contributed by atoms with E-state index in [0.29, 0.717) is 6.04 Å². The number of nitrogens with one attached hydrogen (secondary N) is 1. The summed E-state index contributed by atoms with van der Waals surface area (Å²) in [7, 11) is 0. The van der Waals surface area contributed by atoms with Gasteiger partial charge in [-0.15, -0.1) is 11.3 Å². The fourth-order valence-corrected chi connectivity index (χ4v) is 3.12. The zero-order chi connectivity index (χ0) is 11.0. The quantitative estimate of drug-likeness (QED) is 0.814. The molecule has 0 saturated heterocycles. The van der Waals surface area contributed by atoms with E-state index in [9.17, 15) is 0 Å². The van der Waals surface area contributed by atoms with Crippen molar-refractivity contribution in [3.63, 3.8) is 0 Å². The maximum atomic E-state index is 4.38. The fraction of sp³-hybridized carbons (Fsp3) is 0.308. The number of aromatic nitrogens is 1. The Morgan fingerprint density at radius 3 is 3.12 bits per heavy atom. The van der Waals surface area contributed by atoms with Gasteiger partial charge in [-0.1, -0.05) is 6.07 Å². The van der Waals surface area contributed by atoms with Crippen LogP contribution >= 0.6 is 11.3 Å². The molecule has 0 saturated carbocycles. The molecule has 0 spiro atoms. The van der Waals surface area contributed by atoms with Crippen LogP contribution in [0.2, 0.25) is 0 Å². The van der Waals surface area contributed by atoms with E-state index in [2.05, 4.69) is 33.9 Å². The normalized spacial score (nSPS) is 19.4. The molecular weight excluding hydrogens is 216 g/mol. The number of hydrogen-bond donors (Lipinski definition) is 1. The number of aryl methyl sites for hydroxylation is 1. The van der Waals surface area contributed by atoms with Crippen LogP contribution in [0.15, 0.2) is 29.8 Å². The molecule has 2 aromatic rings. The van der Waals surface area contributed by atoms with Crippen molar-refractivity contribution in [3.05, 3.63) is 51.5 Å². The van der Waals surface area contributed by atoms with E-state index >= 15 is 0 Å². The largest absolute Gasteiger partial charge is 0.306 e. The Morgan fingerprint density at radius 1 is 1.38 bits per heavy atom. The van der Waals surface area contributed by atoms with Crippen LogP contribution in [-0.2, 0) is 6.42 Å². The van der Waals surface area contributed by atoms with Gasteiger partial charge in [0.05, 0.1) is 6.04 Å². The number of nitrogens with zero attached hydrogens (tertiary/aromatic N) is 1. The maximum absolute atomic E-state index is 4.38. The molecule has 1 unspecified atom stereocenters. The Kier molecular flexibility index (Phi) is 2.50. The molecule has 1 aliphatic rings. The predicted octanol–water partition coefficient (Wildman–Crippen LogP) is 2.69. The Hall–Kier alpha value is -1.19. The highest BCUT2D eigenvalue weighted by atomic mass is 32.1. The summed E-state index contributed by atoms with van der Waals surface area (Å²) in [5, 5.41) is 5.75. The summed E-state index contributed by atoms with van der Waals surface area (Å²) in [5.74, 6) is 0. The molecule has 1 N–H and O–H groups in total. The van der Waals surface area contributed by atoms with Crippen LogP contribution in [0.1, 0.15) is 27.7 Å². The van der Waals surface area contributed by atoms with Crippen molar-refractivity contribution < 1.29 is 0 Å². The van der Waals surface area contributed by atoms with Gasteiger partial charge in [-0.3, -0.25) is 4.98 Å². The standard InChI is InChI=1S/C13H14N2S/c1-9-2-3-10(8-15-9)13-11-5-7-16-12(11)4-6-14-13/h2-3,5,7-8,13-14H,4,6H2,1H3. The molecule has 0 radical (unpaired) electrons.